The van der Waals surface area contributed by atoms with Gasteiger partial charge < -0.3 is 10.6 Å². The van der Waals surface area contributed by atoms with Crippen molar-refractivity contribution >= 4 is 35.3 Å². The quantitative estimate of drug-likeness (QED) is 0.638. The Hall–Kier alpha value is -3.68. The van der Waals surface area contributed by atoms with Crippen molar-refractivity contribution in [3.63, 3.8) is 0 Å². The largest absolute Gasteiger partial charge is 0.328 e. The van der Waals surface area contributed by atoms with Crippen LogP contribution in [0.3, 0.4) is 0 Å². The normalized spacial score (nSPS) is 16.9. The van der Waals surface area contributed by atoms with Gasteiger partial charge in [-0.1, -0.05) is 37.1 Å². The van der Waals surface area contributed by atoms with E-state index in [9.17, 15) is 19.2 Å². The van der Waals surface area contributed by atoms with Crippen LogP contribution in [0.15, 0.2) is 48.5 Å². The highest BCUT2D eigenvalue weighted by Gasteiger charge is 2.24. The Kier molecular flexibility index (Phi) is 8.13. The number of benzene rings is 2. The number of amides is 6. The standard InChI is InChI=1S/C27H32N4O4/c32-24-7-3-1-5-17-30(24)26(34)28-22-13-9-20(10-14-22)19-21-11-15-23(16-12-21)29-27(35)31-18-6-2-4-8-25(31)33/h9-16H,1-8,17-19H2,(H,28,34)(H,29,35). The van der Waals surface area contributed by atoms with Crippen LogP contribution in [0.25, 0.3) is 0 Å². The molecule has 0 bridgehead atoms. The molecule has 2 saturated heterocycles. The molecule has 0 atom stereocenters. The zero-order valence-electron chi connectivity index (χ0n) is 19.9. The Morgan fingerprint density at radius 1 is 0.600 bits per heavy atom. The molecule has 0 spiro atoms. The lowest BCUT2D eigenvalue weighted by Gasteiger charge is -2.19. The van der Waals surface area contributed by atoms with Crippen LogP contribution < -0.4 is 10.6 Å². The summed E-state index contributed by atoms with van der Waals surface area (Å²) in [5.41, 5.74) is 3.44. The number of rotatable bonds is 4. The maximum absolute atomic E-state index is 12.5. The molecule has 0 aliphatic carbocycles. The minimum absolute atomic E-state index is 0.116. The summed E-state index contributed by atoms with van der Waals surface area (Å²) < 4.78 is 0. The van der Waals surface area contributed by atoms with E-state index in [0.29, 0.717) is 43.7 Å². The summed E-state index contributed by atoms with van der Waals surface area (Å²) in [7, 11) is 0. The molecule has 6 amide bonds. The number of urea groups is 2. The number of imide groups is 2. The molecular weight excluding hydrogens is 444 g/mol. The van der Waals surface area contributed by atoms with E-state index in [0.717, 1.165) is 49.7 Å². The number of likely N-dealkylation sites (tertiary alicyclic amines) is 2. The number of hydrogen-bond donors (Lipinski definition) is 2. The van der Waals surface area contributed by atoms with E-state index in [-0.39, 0.29) is 23.9 Å². The van der Waals surface area contributed by atoms with E-state index in [1.807, 2.05) is 48.5 Å². The third-order valence-corrected chi connectivity index (χ3v) is 6.46. The summed E-state index contributed by atoms with van der Waals surface area (Å²) in [5, 5.41) is 5.64. The monoisotopic (exact) mass is 476 g/mol. The number of carbonyl (C=O) groups is 4. The Bertz CT molecular complexity index is 980. The minimum atomic E-state index is -0.371. The number of anilines is 2. The predicted octanol–water partition coefficient (Wildman–Crippen LogP) is 5.15. The van der Waals surface area contributed by atoms with E-state index >= 15 is 0 Å². The summed E-state index contributed by atoms with van der Waals surface area (Å²) in [6, 6.07) is 14.4. The smallest absolute Gasteiger partial charge is 0.307 e. The average molecular weight is 477 g/mol. The molecule has 184 valence electrons. The molecule has 2 N–H and O–H groups in total. The lowest BCUT2D eigenvalue weighted by atomic mass is 10.0. The second kappa shape index (κ2) is 11.6. The van der Waals surface area contributed by atoms with Gasteiger partial charge in [-0.25, -0.2) is 9.59 Å². The van der Waals surface area contributed by atoms with Gasteiger partial charge >= 0.3 is 12.1 Å². The van der Waals surface area contributed by atoms with Crippen LogP contribution in [0.5, 0.6) is 0 Å². The van der Waals surface area contributed by atoms with Gasteiger partial charge in [0.25, 0.3) is 0 Å². The first kappa shape index (κ1) is 24.4. The van der Waals surface area contributed by atoms with Crippen molar-refractivity contribution in [3.05, 3.63) is 59.7 Å². The van der Waals surface area contributed by atoms with Crippen molar-refractivity contribution in [2.24, 2.45) is 0 Å². The van der Waals surface area contributed by atoms with Gasteiger partial charge in [-0.15, -0.1) is 0 Å². The van der Waals surface area contributed by atoms with Crippen molar-refractivity contribution in [1.82, 2.24) is 9.80 Å². The Morgan fingerprint density at radius 3 is 1.40 bits per heavy atom. The van der Waals surface area contributed by atoms with Crippen LogP contribution in [-0.4, -0.2) is 46.8 Å². The fraction of sp³-hybridized carbons (Fsp3) is 0.407. The summed E-state index contributed by atoms with van der Waals surface area (Å²) in [6.45, 7) is 0.932. The van der Waals surface area contributed by atoms with Crippen molar-refractivity contribution in [3.8, 4) is 0 Å². The van der Waals surface area contributed by atoms with Crippen LogP contribution in [-0.2, 0) is 16.0 Å². The van der Waals surface area contributed by atoms with Gasteiger partial charge in [0, 0.05) is 37.3 Å². The maximum atomic E-state index is 12.5. The fourth-order valence-corrected chi connectivity index (χ4v) is 4.42. The molecule has 8 nitrogen and oxygen atoms in total. The predicted molar refractivity (Wildman–Crippen MR) is 134 cm³/mol. The lowest BCUT2D eigenvalue weighted by molar-refractivity contribution is -0.128. The molecule has 2 heterocycles. The topological polar surface area (TPSA) is 98.8 Å². The molecule has 0 saturated carbocycles. The van der Waals surface area contributed by atoms with Crippen molar-refractivity contribution in [2.75, 3.05) is 23.7 Å². The number of nitrogens with zero attached hydrogens (tertiary/aromatic N) is 2. The zero-order valence-corrected chi connectivity index (χ0v) is 19.9. The molecule has 8 heteroatoms. The molecule has 0 unspecified atom stereocenters. The van der Waals surface area contributed by atoms with Crippen LogP contribution in [0.4, 0.5) is 21.0 Å². The van der Waals surface area contributed by atoms with E-state index in [2.05, 4.69) is 10.6 Å². The molecule has 2 aliphatic rings. The minimum Gasteiger partial charge on any atom is -0.307 e. The first-order valence-corrected chi connectivity index (χ1v) is 12.4. The summed E-state index contributed by atoms with van der Waals surface area (Å²) >= 11 is 0. The maximum Gasteiger partial charge on any atom is 0.328 e. The third kappa shape index (κ3) is 6.68. The summed E-state index contributed by atoms with van der Waals surface area (Å²) in [4.78, 5) is 51.8. The van der Waals surface area contributed by atoms with Crippen molar-refractivity contribution < 1.29 is 19.2 Å². The Labute approximate surface area is 205 Å². The van der Waals surface area contributed by atoms with E-state index in [1.54, 1.807) is 0 Å². The van der Waals surface area contributed by atoms with E-state index in [1.165, 1.54) is 9.80 Å². The first-order valence-electron chi connectivity index (χ1n) is 12.4. The summed E-state index contributed by atoms with van der Waals surface area (Å²) in [6.07, 6.45) is 6.83. The molecule has 2 aromatic carbocycles. The fourth-order valence-electron chi connectivity index (χ4n) is 4.42. The highest BCUT2D eigenvalue weighted by Crippen LogP contribution is 2.19. The molecule has 35 heavy (non-hydrogen) atoms. The molecule has 0 radical (unpaired) electrons. The van der Waals surface area contributed by atoms with Crippen LogP contribution in [0, 0.1) is 0 Å². The molecule has 4 rings (SSSR count). The van der Waals surface area contributed by atoms with Crippen LogP contribution in [0.1, 0.15) is 62.5 Å². The first-order chi connectivity index (χ1) is 17.0. The number of carbonyl (C=O) groups excluding carboxylic acids is 4. The van der Waals surface area contributed by atoms with Gasteiger partial charge in [0.1, 0.15) is 0 Å². The third-order valence-electron chi connectivity index (χ3n) is 6.46. The number of nitrogens with one attached hydrogen (secondary N) is 2. The highest BCUT2D eigenvalue weighted by atomic mass is 16.2. The number of hydrogen-bond acceptors (Lipinski definition) is 4. The Balaban J connectivity index is 1.30. The molecule has 0 aromatic heterocycles. The van der Waals surface area contributed by atoms with Gasteiger partial charge in [-0.05, 0) is 67.5 Å². The second-order valence-electron chi connectivity index (χ2n) is 9.14. The van der Waals surface area contributed by atoms with Crippen molar-refractivity contribution in [2.45, 2.75) is 57.8 Å². The SMILES string of the molecule is O=C1CCCCCN1C(=O)Nc1ccc(Cc2ccc(NC(=O)N3CCCCCC3=O)cc2)cc1. The Morgan fingerprint density at radius 2 is 1.00 bits per heavy atom. The van der Waals surface area contributed by atoms with E-state index in [4.69, 9.17) is 0 Å². The lowest BCUT2D eigenvalue weighted by Crippen LogP contribution is -2.39. The average Bonchev–Trinajstić information content (AvgIpc) is 3.21. The molecule has 2 aromatic rings. The zero-order chi connectivity index (χ0) is 24.6. The van der Waals surface area contributed by atoms with E-state index < -0.39 is 0 Å². The van der Waals surface area contributed by atoms with Gasteiger partial charge in [-0.2, -0.15) is 0 Å². The molecular formula is C27H32N4O4. The van der Waals surface area contributed by atoms with Gasteiger partial charge in [0.2, 0.25) is 11.8 Å². The van der Waals surface area contributed by atoms with Gasteiger partial charge in [0.05, 0.1) is 0 Å². The van der Waals surface area contributed by atoms with Crippen LogP contribution >= 0.6 is 0 Å². The van der Waals surface area contributed by atoms with Crippen molar-refractivity contribution in [1.29, 1.82) is 0 Å². The van der Waals surface area contributed by atoms with Gasteiger partial charge in [-0.3, -0.25) is 19.4 Å². The van der Waals surface area contributed by atoms with Gasteiger partial charge in [0.15, 0.2) is 0 Å². The molecule has 2 fully saturated rings. The highest BCUT2D eigenvalue weighted by molar-refractivity contribution is 6.02. The second-order valence-corrected chi connectivity index (χ2v) is 9.14. The summed E-state index contributed by atoms with van der Waals surface area (Å²) in [5.74, 6) is -0.233. The molecule has 2 aliphatic heterocycles. The van der Waals surface area contributed by atoms with Crippen LogP contribution in [0.2, 0.25) is 0 Å².